The molecule has 0 aromatic carbocycles. The number of aliphatic hydroxyl groups excluding tert-OH is 1. The van der Waals surface area contributed by atoms with Crippen molar-refractivity contribution >= 4 is 23.2 Å². The molecule has 2 N–H and O–H groups in total. The van der Waals surface area contributed by atoms with E-state index in [0.717, 1.165) is 24.2 Å². The van der Waals surface area contributed by atoms with Crippen LogP contribution in [0.4, 0.5) is 0 Å². The largest absolute Gasteiger partial charge is 0.476 e. The van der Waals surface area contributed by atoms with Crippen molar-refractivity contribution in [2.75, 3.05) is 6.54 Å². The summed E-state index contributed by atoms with van der Waals surface area (Å²) in [6, 6.07) is 0.0304. The fourth-order valence-electron chi connectivity index (χ4n) is 2.36. The first-order valence-corrected chi connectivity index (χ1v) is 6.99. The van der Waals surface area contributed by atoms with Crippen LogP contribution in [-0.2, 0) is 0 Å². The monoisotopic (exact) mass is 284 g/mol. The number of aromatic carboxylic acids is 1. The van der Waals surface area contributed by atoms with E-state index in [9.17, 15) is 14.7 Å². The first kappa shape index (κ1) is 14.0. The molecule has 1 aliphatic heterocycles. The Morgan fingerprint density at radius 3 is 2.95 bits per heavy atom. The summed E-state index contributed by atoms with van der Waals surface area (Å²) in [5.74, 6) is -1.31. The number of aromatic nitrogens is 1. The summed E-state index contributed by atoms with van der Waals surface area (Å²) in [6.45, 7) is 2.35. The average Bonchev–Trinajstić information content (AvgIpc) is 2.95. The van der Waals surface area contributed by atoms with Gasteiger partial charge >= 0.3 is 5.97 Å². The van der Waals surface area contributed by atoms with E-state index < -0.39 is 12.1 Å². The van der Waals surface area contributed by atoms with Gasteiger partial charge in [-0.2, -0.15) is 0 Å². The van der Waals surface area contributed by atoms with E-state index in [0.29, 0.717) is 17.8 Å². The average molecular weight is 284 g/mol. The van der Waals surface area contributed by atoms with Crippen molar-refractivity contribution in [1.29, 1.82) is 0 Å². The predicted octanol–water partition coefficient (Wildman–Crippen LogP) is 1.22. The van der Waals surface area contributed by atoms with Crippen molar-refractivity contribution in [1.82, 2.24) is 9.88 Å². The number of carbonyl (C=O) groups is 2. The highest BCUT2D eigenvalue weighted by Crippen LogP contribution is 2.25. The molecule has 1 aromatic rings. The zero-order valence-corrected chi connectivity index (χ0v) is 11.4. The molecule has 2 rings (SSSR count). The van der Waals surface area contributed by atoms with Gasteiger partial charge in [0.1, 0.15) is 4.88 Å². The van der Waals surface area contributed by atoms with Crippen LogP contribution < -0.4 is 0 Å². The van der Waals surface area contributed by atoms with E-state index in [1.54, 1.807) is 11.8 Å². The Morgan fingerprint density at radius 1 is 1.63 bits per heavy atom. The molecule has 0 aliphatic carbocycles. The molecule has 1 aromatic heterocycles. The highest BCUT2D eigenvalue weighted by molar-refractivity contribution is 7.15. The van der Waals surface area contributed by atoms with Crippen molar-refractivity contribution in [3.63, 3.8) is 0 Å². The summed E-state index contributed by atoms with van der Waals surface area (Å²) in [7, 11) is 0. The molecule has 0 radical (unpaired) electrons. The van der Waals surface area contributed by atoms with Crippen molar-refractivity contribution in [2.24, 2.45) is 0 Å². The minimum absolute atomic E-state index is 0.0304. The topological polar surface area (TPSA) is 90.7 Å². The smallest absolute Gasteiger partial charge is 0.365 e. The number of aliphatic hydroxyl groups is 1. The molecule has 0 spiro atoms. The number of rotatable bonds is 4. The van der Waals surface area contributed by atoms with Crippen LogP contribution in [0.2, 0.25) is 0 Å². The van der Waals surface area contributed by atoms with Gasteiger partial charge in [0.05, 0.1) is 12.3 Å². The zero-order chi connectivity index (χ0) is 14.0. The first-order chi connectivity index (χ1) is 8.99. The Hall–Kier alpha value is -1.47. The highest BCUT2D eigenvalue weighted by atomic mass is 32.1. The molecule has 19 heavy (non-hydrogen) atoms. The number of carboxylic acids is 1. The van der Waals surface area contributed by atoms with E-state index in [1.165, 1.54) is 6.20 Å². The van der Waals surface area contributed by atoms with Crippen LogP contribution in [0, 0.1) is 0 Å². The molecule has 2 unspecified atom stereocenters. The maximum atomic E-state index is 12.3. The molecular formula is C12H16N2O4S. The van der Waals surface area contributed by atoms with E-state index in [2.05, 4.69) is 4.98 Å². The minimum atomic E-state index is -1.12. The zero-order valence-electron chi connectivity index (χ0n) is 10.6. The molecule has 7 heteroatoms. The van der Waals surface area contributed by atoms with Crippen LogP contribution in [0.1, 0.15) is 45.7 Å². The van der Waals surface area contributed by atoms with E-state index in [1.807, 2.05) is 0 Å². The summed E-state index contributed by atoms with van der Waals surface area (Å²) < 4.78 is 0. The summed E-state index contributed by atoms with van der Waals surface area (Å²) in [5, 5.41) is 18.2. The minimum Gasteiger partial charge on any atom is -0.476 e. The van der Waals surface area contributed by atoms with Gasteiger partial charge in [0.2, 0.25) is 5.01 Å². The van der Waals surface area contributed by atoms with Crippen LogP contribution in [-0.4, -0.2) is 50.7 Å². The lowest BCUT2D eigenvalue weighted by Crippen LogP contribution is -2.36. The predicted molar refractivity (Wildman–Crippen MR) is 69.4 cm³/mol. The Balaban J connectivity index is 2.11. The summed E-state index contributed by atoms with van der Waals surface area (Å²) in [4.78, 5) is 28.8. The number of carboxylic acid groups (broad SMARTS) is 1. The number of likely N-dealkylation sites (tertiary alicyclic amines) is 1. The van der Waals surface area contributed by atoms with Crippen molar-refractivity contribution in [2.45, 2.75) is 38.3 Å². The van der Waals surface area contributed by atoms with E-state index in [-0.39, 0.29) is 17.0 Å². The van der Waals surface area contributed by atoms with Gasteiger partial charge in [0.15, 0.2) is 0 Å². The summed E-state index contributed by atoms with van der Waals surface area (Å²) in [5.41, 5.74) is 0. The molecular weight excluding hydrogens is 268 g/mol. The van der Waals surface area contributed by atoms with Crippen LogP contribution in [0.3, 0.4) is 0 Å². The Kier molecular flexibility index (Phi) is 4.16. The number of carbonyl (C=O) groups excluding carboxylic acids is 1. The van der Waals surface area contributed by atoms with Gasteiger partial charge in [-0.05, 0) is 26.2 Å². The maximum Gasteiger partial charge on any atom is 0.365 e. The summed E-state index contributed by atoms with van der Waals surface area (Å²) >= 11 is 0.892. The van der Waals surface area contributed by atoms with Gasteiger partial charge < -0.3 is 15.1 Å². The number of amides is 1. The molecule has 104 valence electrons. The number of thiazole rings is 1. The molecule has 1 aliphatic rings. The van der Waals surface area contributed by atoms with E-state index in [4.69, 9.17) is 5.11 Å². The molecule has 0 bridgehead atoms. The van der Waals surface area contributed by atoms with Crippen molar-refractivity contribution in [3.05, 3.63) is 16.1 Å². The Labute approximate surface area is 114 Å². The number of hydrogen-bond acceptors (Lipinski definition) is 5. The molecule has 1 amide bonds. The van der Waals surface area contributed by atoms with Gasteiger partial charge in [0.25, 0.3) is 5.91 Å². The molecule has 6 nitrogen and oxygen atoms in total. The molecule has 1 saturated heterocycles. The Morgan fingerprint density at radius 2 is 2.37 bits per heavy atom. The Bertz CT molecular complexity index is 486. The SMILES string of the molecule is CC(O)CC1CCCN1C(=O)c1cnc(C(=O)O)s1. The second kappa shape index (κ2) is 5.66. The summed E-state index contributed by atoms with van der Waals surface area (Å²) in [6.07, 6.45) is 3.20. The highest BCUT2D eigenvalue weighted by Gasteiger charge is 2.31. The van der Waals surface area contributed by atoms with Crippen molar-refractivity contribution in [3.8, 4) is 0 Å². The second-order valence-corrected chi connectivity index (χ2v) is 5.74. The fraction of sp³-hybridized carbons (Fsp3) is 0.583. The van der Waals surface area contributed by atoms with Gasteiger partial charge in [-0.1, -0.05) is 0 Å². The third kappa shape index (κ3) is 3.10. The first-order valence-electron chi connectivity index (χ1n) is 6.17. The fourth-order valence-corrected chi connectivity index (χ4v) is 3.07. The molecule has 1 fully saturated rings. The standard InChI is InChI=1S/C12H16N2O4S/c1-7(15)5-8-3-2-4-14(8)11(16)9-6-13-10(19-9)12(17)18/h6-8,15H,2-5H2,1H3,(H,17,18). The van der Waals surface area contributed by atoms with Crippen LogP contribution in [0.15, 0.2) is 6.20 Å². The lowest BCUT2D eigenvalue weighted by Gasteiger charge is -2.25. The maximum absolute atomic E-state index is 12.3. The molecule has 2 atom stereocenters. The normalized spacial score (nSPS) is 20.5. The van der Waals surface area contributed by atoms with Gasteiger partial charge in [0, 0.05) is 12.6 Å². The van der Waals surface area contributed by atoms with Crippen LogP contribution in [0.5, 0.6) is 0 Å². The van der Waals surface area contributed by atoms with E-state index >= 15 is 0 Å². The van der Waals surface area contributed by atoms with Gasteiger partial charge in [-0.15, -0.1) is 11.3 Å². The van der Waals surface area contributed by atoms with Crippen molar-refractivity contribution < 1.29 is 19.8 Å². The van der Waals surface area contributed by atoms with Gasteiger partial charge in [-0.25, -0.2) is 9.78 Å². The lowest BCUT2D eigenvalue weighted by molar-refractivity contribution is 0.0680. The number of hydrogen-bond donors (Lipinski definition) is 2. The third-order valence-electron chi connectivity index (χ3n) is 3.15. The second-order valence-electron chi connectivity index (χ2n) is 4.71. The van der Waals surface area contributed by atoms with Crippen LogP contribution >= 0.6 is 11.3 Å². The quantitative estimate of drug-likeness (QED) is 0.867. The lowest BCUT2D eigenvalue weighted by atomic mass is 10.1. The molecule has 0 saturated carbocycles. The third-order valence-corrected chi connectivity index (χ3v) is 4.12. The van der Waals surface area contributed by atoms with Crippen LogP contribution in [0.25, 0.3) is 0 Å². The number of nitrogens with zero attached hydrogens (tertiary/aromatic N) is 2. The van der Waals surface area contributed by atoms with Gasteiger partial charge in [-0.3, -0.25) is 4.79 Å². The molecule has 2 heterocycles.